The van der Waals surface area contributed by atoms with E-state index in [9.17, 15) is 15.0 Å². The molecule has 1 atom stereocenters. The topological polar surface area (TPSA) is 88.2 Å². The number of phenolic OH excluding ortho intramolecular Hbond substituents is 1. The SMILES string of the molecule is C=C(C)C(O)C(=O)Cc1cc(-n2nc3ccccc3n2)c(O)c(C(C)(C)CC)c1. The molecule has 1 heterocycles. The number of fused-ring (bicyclic) bond motifs is 1. The fraction of sp³-hybridized carbons (Fsp3) is 0.348. The fourth-order valence-corrected chi connectivity index (χ4v) is 3.18. The van der Waals surface area contributed by atoms with Crippen LogP contribution in [0.4, 0.5) is 0 Å². The molecule has 6 nitrogen and oxygen atoms in total. The van der Waals surface area contributed by atoms with Crippen molar-refractivity contribution in [2.24, 2.45) is 0 Å². The van der Waals surface area contributed by atoms with Crippen LogP contribution in [0.15, 0.2) is 48.6 Å². The van der Waals surface area contributed by atoms with Gasteiger partial charge in [-0.15, -0.1) is 15.0 Å². The predicted molar refractivity (Wildman–Crippen MR) is 113 cm³/mol. The molecule has 1 aromatic heterocycles. The molecule has 0 bridgehead atoms. The number of aliphatic hydroxyl groups is 1. The van der Waals surface area contributed by atoms with E-state index in [0.717, 1.165) is 6.42 Å². The molecule has 0 amide bonds. The van der Waals surface area contributed by atoms with Crippen molar-refractivity contribution in [3.63, 3.8) is 0 Å². The second-order valence-corrected chi connectivity index (χ2v) is 8.12. The van der Waals surface area contributed by atoms with E-state index in [1.807, 2.05) is 51.1 Å². The standard InChI is InChI=1S/C23H27N3O3/c1-6-23(4,5)16-11-15(13-20(27)21(28)14(2)3)12-19(22(16)29)26-24-17-9-7-8-10-18(17)25-26/h7-12,21,28-29H,2,6,13H2,1,3-5H3. The summed E-state index contributed by atoms with van der Waals surface area (Å²) in [5, 5.41) is 30.0. The number of hydrogen-bond donors (Lipinski definition) is 2. The van der Waals surface area contributed by atoms with Gasteiger partial charge in [-0.05, 0) is 48.1 Å². The number of aromatic nitrogens is 3. The third-order valence-corrected chi connectivity index (χ3v) is 5.41. The Kier molecular flexibility index (Phi) is 5.57. The van der Waals surface area contributed by atoms with E-state index in [2.05, 4.69) is 16.8 Å². The van der Waals surface area contributed by atoms with Crippen molar-refractivity contribution in [3.8, 4) is 11.4 Å². The van der Waals surface area contributed by atoms with Crippen LogP contribution < -0.4 is 0 Å². The lowest BCUT2D eigenvalue weighted by Crippen LogP contribution is -2.24. The van der Waals surface area contributed by atoms with Gasteiger partial charge in [0.05, 0.1) is 0 Å². The molecule has 0 aliphatic heterocycles. The molecule has 152 valence electrons. The Hall–Kier alpha value is -2.99. The van der Waals surface area contributed by atoms with E-state index in [1.54, 1.807) is 13.0 Å². The number of hydrogen-bond acceptors (Lipinski definition) is 5. The smallest absolute Gasteiger partial charge is 0.169 e. The molecule has 0 fully saturated rings. The van der Waals surface area contributed by atoms with Gasteiger partial charge in [0.15, 0.2) is 5.78 Å². The molecule has 0 saturated heterocycles. The van der Waals surface area contributed by atoms with Gasteiger partial charge >= 0.3 is 0 Å². The van der Waals surface area contributed by atoms with Crippen LogP contribution in [0.3, 0.4) is 0 Å². The number of carbonyl (C=O) groups excluding carboxylic acids is 1. The Labute approximate surface area is 170 Å². The largest absolute Gasteiger partial charge is 0.505 e. The predicted octanol–water partition coefficient (Wildman–Crippen LogP) is 3.86. The van der Waals surface area contributed by atoms with E-state index < -0.39 is 6.10 Å². The summed E-state index contributed by atoms with van der Waals surface area (Å²) in [5.74, 6) is -0.248. The molecule has 3 aromatic rings. The van der Waals surface area contributed by atoms with Gasteiger partial charge in [-0.3, -0.25) is 4.79 Å². The Bertz CT molecular complexity index is 1050. The maximum absolute atomic E-state index is 12.4. The monoisotopic (exact) mass is 393 g/mol. The summed E-state index contributed by atoms with van der Waals surface area (Å²) in [4.78, 5) is 13.8. The lowest BCUT2D eigenvalue weighted by molar-refractivity contribution is -0.124. The molecule has 0 aliphatic carbocycles. The van der Waals surface area contributed by atoms with E-state index in [4.69, 9.17) is 0 Å². The van der Waals surface area contributed by atoms with Crippen LogP contribution in [-0.4, -0.2) is 37.1 Å². The Morgan fingerprint density at radius 1 is 1.21 bits per heavy atom. The third-order valence-electron chi connectivity index (χ3n) is 5.41. The van der Waals surface area contributed by atoms with Crippen molar-refractivity contribution in [3.05, 3.63) is 59.7 Å². The number of aromatic hydroxyl groups is 1. The zero-order valence-corrected chi connectivity index (χ0v) is 17.3. The number of rotatable bonds is 7. The maximum atomic E-state index is 12.4. The second kappa shape index (κ2) is 7.79. The van der Waals surface area contributed by atoms with E-state index in [1.165, 1.54) is 4.80 Å². The van der Waals surface area contributed by atoms with Crippen molar-refractivity contribution in [1.82, 2.24) is 15.0 Å². The molecule has 0 saturated carbocycles. The number of carbonyl (C=O) groups is 1. The molecule has 1 unspecified atom stereocenters. The molecule has 0 spiro atoms. The molecule has 0 radical (unpaired) electrons. The van der Waals surface area contributed by atoms with Crippen LogP contribution in [0.2, 0.25) is 0 Å². The first-order valence-electron chi connectivity index (χ1n) is 9.69. The molecule has 2 aromatic carbocycles. The number of nitrogens with zero attached hydrogens (tertiary/aromatic N) is 3. The highest BCUT2D eigenvalue weighted by molar-refractivity contribution is 5.87. The zero-order chi connectivity index (χ0) is 21.3. The van der Waals surface area contributed by atoms with Crippen molar-refractivity contribution in [2.45, 2.75) is 52.1 Å². The number of ketones is 1. The molecule has 29 heavy (non-hydrogen) atoms. The minimum atomic E-state index is -1.21. The van der Waals surface area contributed by atoms with Gasteiger partial charge in [0, 0.05) is 12.0 Å². The molecule has 3 rings (SSSR count). The summed E-state index contributed by atoms with van der Waals surface area (Å²) in [6.45, 7) is 11.4. The number of aliphatic hydroxyl groups excluding tert-OH is 1. The highest BCUT2D eigenvalue weighted by Gasteiger charge is 2.27. The highest BCUT2D eigenvalue weighted by atomic mass is 16.3. The van der Waals surface area contributed by atoms with Gasteiger partial charge in [0.25, 0.3) is 0 Å². The van der Waals surface area contributed by atoms with Crippen molar-refractivity contribution >= 4 is 16.8 Å². The molecule has 2 N–H and O–H groups in total. The van der Waals surface area contributed by atoms with Gasteiger partial charge in [0.2, 0.25) is 0 Å². The van der Waals surface area contributed by atoms with Gasteiger partial charge in [-0.25, -0.2) is 0 Å². The van der Waals surface area contributed by atoms with Crippen molar-refractivity contribution in [1.29, 1.82) is 0 Å². The summed E-state index contributed by atoms with van der Waals surface area (Å²) in [6, 6.07) is 11.0. The van der Waals surface area contributed by atoms with Gasteiger partial charge in [0.1, 0.15) is 28.6 Å². The van der Waals surface area contributed by atoms with Crippen molar-refractivity contribution < 1.29 is 15.0 Å². The first-order chi connectivity index (χ1) is 13.6. The second-order valence-electron chi connectivity index (χ2n) is 8.12. The van der Waals surface area contributed by atoms with Gasteiger partial charge < -0.3 is 10.2 Å². The van der Waals surface area contributed by atoms with E-state index in [0.29, 0.717) is 33.4 Å². The Morgan fingerprint density at radius 2 is 1.79 bits per heavy atom. The zero-order valence-electron chi connectivity index (χ0n) is 17.3. The summed E-state index contributed by atoms with van der Waals surface area (Å²) in [6.07, 6.45) is -0.393. The van der Waals surface area contributed by atoms with E-state index in [-0.39, 0.29) is 23.4 Å². The lowest BCUT2D eigenvalue weighted by atomic mass is 9.80. The van der Waals surface area contributed by atoms with Crippen molar-refractivity contribution in [2.75, 3.05) is 0 Å². The van der Waals surface area contributed by atoms with E-state index >= 15 is 0 Å². The van der Waals surface area contributed by atoms with Crippen LogP contribution in [0, 0.1) is 0 Å². The number of benzene rings is 2. The summed E-state index contributed by atoms with van der Waals surface area (Å²) in [7, 11) is 0. The van der Waals surface area contributed by atoms with Crippen LogP contribution in [0.1, 0.15) is 45.2 Å². The minimum Gasteiger partial charge on any atom is -0.505 e. The number of phenols is 1. The first-order valence-corrected chi connectivity index (χ1v) is 9.69. The van der Waals surface area contributed by atoms with Gasteiger partial charge in [-0.1, -0.05) is 45.5 Å². The normalized spacial score (nSPS) is 12.9. The number of Topliss-reactive ketones (excluding diaryl/α,β-unsaturated/α-hetero) is 1. The Morgan fingerprint density at radius 3 is 2.31 bits per heavy atom. The fourth-order valence-electron chi connectivity index (χ4n) is 3.18. The average molecular weight is 393 g/mol. The lowest BCUT2D eigenvalue weighted by Gasteiger charge is -2.26. The Balaban J connectivity index is 2.15. The van der Waals surface area contributed by atoms with Crippen LogP contribution in [-0.2, 0) is 16.6 Å². The molecule has 0 aliphatic rings. The molecular formula is C23H27N3O3. The minimum absolute atomic E-state index is 0.0227. The van der Waals surface area contributed by atoms with Crippen LogP contribution >= 0.6 is 0 Å². The summed E-state index contributed by atoms with van der Waals surface area (Å²) in [5.41, 5.74) is 3.31. The molecular weight excluding hydrogens is 366 g/mol. The maximum Gasteiger partial charge on any atom is 0.169 e. The summed E-state index contributed by atoms with van der Waals surface area (Å²) < 4.78 is 0. The van der Waals surface area contributed by atoms with Crippen LogP contribution in [0.5, 0.6) is 5.75 Å². The quantitative estimate of drug-likeness (QED) is 0.595. The van der Waals surface area contributed by atoms with Gasteiger partial charge in [-0.2, -0.15) is 0 Å². The van der Waals surface area contributed by atoms with Crippen LogP contribution in [0.25, 0.3) is 16.7 Å². The average Bonchev–Trinajstić information content (AvgIpc) is 3.12. The third kappa shape index (κ3) is 4.07. The summed E-state index contributed by atoms with van der Waals surface area (Å²) >= 11 is 0. The first kappa shape index (κ1) is 20.7. The molecule has 6 heteroatoms. The highest BCUT2D eigenvalue weighted by Crippen LogP contribution is 2.38.